The summed E-state index contributed by atoms with van der Waals surface area (Å²) in [7, 11) is 0. The topological polar surface area (TPSA) is 24.9 Å². The Morgan fingerprint density at radius 1 is 1.24 bits per heavy atom. The average molecular weight is 244 g/mol. The van der Waals surface area contributed by atoms with Crippen LogP contribution < -0.4 is 5.32 Å². The second-order valence-corrected chi connectivity index (χ2v) is 5.56. The minimum Gasteiger partial charge on any atom is -0.316 e. The Hall–Kier alpha value is -1.06. The number of nitrogens with one attached hydrogen (secondary N) is 1. The van der Waals surface area contributed by atoms with Gasteiger partial charge in [0.25, 0.3) is 0 Å². The highest BCUT2D eigenvalue weighted by Gasteiger charge is 2.16. The second kappa shape index (κ2) is 5.07. The Balaban J connectivity index is 1.71. The van der Waals surface area contributed by atoms with Gasteiger partial charge in [0.1, 0.15) is 0 Å². The minimum absolute atomic E-state index is 0.883. The lowest BCUT2D eigenvalue weighted by Crippen LogP contribution is -2.43. The molecular formula is C14H16N2S. The van der Waals surface area contributed by atoms with Crippen molar-refractivity contribution in [2.75, 3.05) is 18.8 Å². The fraction of sp³-hybridized carbons (Fsp3) is 0.357. The van der Waals surface area contributed by atoms with E-state index in [-0.39, 0.29) is 0 Å². The van der Waals surface area contributed by atoms with Crippen LogP contribution in [-0.4, -0.2) is 23.8 Å². The summed E-state index contributed by atoms with van der Waals surface area (Å²) in [6.07, 6.45) is 1.92. The van der Waals surface area contributed by atoms with Gasteiger partial charge in [0.05, 0.1) is 5.52 Å². The predicted molar refractivity (Wildman–Crippen MR) is 74.3 cm³/mol. The summed E-state index contributed by atoms with van der Waals surface area (Å²) in [4.78, 5) is 4.39. The molecule has 0 aliphatic carbocycles. The predicted octanol–water partition coefficient (Wildman–Crippen LogP) is 2.69. The van der Waals surface area contributed by atoms with Crippen LogP contribution in [0.15, 0.2) is 36.5 Å². The molecule has 2 heterocycles. The summed E-state index contributed by atoms with van der Waals surface area (Å²) in [6.45, 7) is 2.40. The van der Waals surface area contributed by atoms with E-state index in [4.69, 9.17) is 0 Å². The van der Waals surface area contributed by atoms with Crippen molar-refractivity contribution in [2.24, 2.45) is 5.92 Å². The number of para-hydroxylation sites is 1. The molecule has 0 atom stereocenters. The van der Waals surface area contributed by atoms with Gasteiger partial charge in [0.2, 0.25) is 0 Å². The fourth-order valence-corrected chi connectivity index (χ4v) is 3.24. The van der Waals surface area contributed by atoms with Gasteiger partial charge in [-0.05, 0) is 42.5 Å². The quantitative estimate of drug-likeness (QED) is 0.895. The smallest absolute Gasteiger partial charge is 0.0705 e. The Kier molecular flexibility index (Phi) is 3.29. The molecule has 3 heteroatoms. The van der Waals surface area contributed by atoms with Crippen molar-refractivity contribution in [1.29, 1.82) is 0 Å². The largest absolute Gasteiger partial charge is 0.316 e. The summed E-state index contributed by atoms with van der Waals surface area (Å²) in [5.41, 5.74) is 2.52. The maximum atomic E-state index is 4.39. The van der Waals surface area contributed by atoms with E-state index in [1.807, 2.05) is 24.0 Å². The van der Waals surface area contributed by atoms with E-state index in [1.54, 1.807) is 0 Å². The van der Waals surface area contributed by atoms with E-state index in [0.29, 0.717) is 0 Å². The van der Waals surface area contributed by atoms with Gasteiger partial charge in [-0.2, -0.15) is 11.8 Å². The van der Waals surface area contributed by atoms with Crippen molar-refractivity contribution in [3.63, 3.8) is 0 Å². The molecule has 1 aromatic carbocycles. The Morgan fingerprint density at radius 3 is 2.94 bits per heavy atom. The number of fused-ring (bicyclic) bond motifs is 1. The number of nitrogens with zero attached hydrogens (tertiary/aromatic N) is 1. The minimum atomic E-state index is 0.883. The molecule has 0 unspecified atom stereocenters. The highest BCUT2D eigenvalue weighted by Crippen LogP contribution is 2.23. The first-order valence-electron chi connectivity index (χ1n) is 6.04. The molecule has 1 N–H and O–H groups in total. The highest BCUT2D eigenvalue weighted by atomic mass is 32.2. The Labute approximate surface area is 106 Å². The molecule has 1 saturated heterocycles. The molecule has 1 fully saturated rings. The molecule has 1 aliphatic rings. The van der Waals surface area contributed by atoms with E-state index in [1.165, 1.54) is 29.8 Å². The SMILES string of the molecule is c1ccc2c(CSCC3CNC3)ccnc2c1. The molecule has 2 aromatic rings. The fourth-order valence-electron chi connectivity index (χ4n) is 2.08. The molecule has 1 aliphatic heterocycles. The number of hydrogen-bond donors (Lipinski definition) is 1. The third kappa shape index (κ3) is 2.45. The molecule has 0 saturated carbocycles. The average Bonchev–Trinajstić information content (AvgIpc) is 2.32. The van der Waals surface area contributed by atoms with Gasteiger partial charge < -0.3 is 5.32 Å². The molecule has 1 aromatic heterocycles. The van der Waals surface area contributed by atoms with Crippen LogP contribution in [0.1, 0.15) is 5.56 Å². The maximum absolute atomic E-state index is 4.39. The Morgan fingerprint density at radius 2 is 2.12 bits per heavy atom. The molecule has 0 radical (unpaired) electrons. The first-order valence-corrected chi connectivity index (χ1v) is 7.20. The van der Waals surface area contributed by atoms with Gasteiger partial charge in [-0.25, -0.2) is 0 Å². The van der Waals surface area contributed by atoms with Gasteiger partial charge in [0.15, 0.2) is 0 Å². The highest BCUT2D eigenvalue weighted by molar-refractivity contribution is 7.98. The molecule has 88 valence electrons. The van der Waals surface area contributed by atoms with E-state index in [2.05, 4.69) is 34.6 Å². The van der Waals surface area contributed by atoms with E-state index in [9.17, 15) is 0 Å². The number of pyridine rings is 1. The zero-order chi connectivity index (χ0) is 11.5. The lowest BCUT2D eigenvalue weighted by molar-refractivity contribution is 0.385. The summed E-state index contributed by atoms with van der Waals surface area (Å²) in [5, 5.41) is 4.62. The van der Waals surface area contributed by atoms with Gasteiger partial charge in [0, 0.05) is 17.3 Å². The van der Waals surface area contributed by atoms with Crippen molar-refractivity contribution >= 4 is 22.7 Å². The van der Waals surface area contributed by atoms with Crippen LogP contribution in [0.4, 0.5) is 0 Å². The third-order valence-electron chi connectivity index (χ3n) is 3.22. The summed E-state index contributed by atoms with van der Waals surface area (Å²) >= 11 is 2.04. The van der Waals surface area contributed by atoms with Crippen LogP contribution in [0.25, 0.3) is 10.9 Å². The number of hydrogen-bond acceptors (Lipinski definition) is 3. The van der Waals surface area contributed by atoms with Crippen LogP contribution in [-0.2, 0) is 5.75 Å². The first-order chi connectivity index (χ1) is 8.43. The summed E-state index contributed by atoms with van der Waals surface area (Å²) in [6, 6.07) is 10.5. The van der Waals surface area contributed by atoms with Crippen molar-refractivity contribution in [1.82, 2.24) is 10.3 Å². The van der Waals surface area contributed by atoms with Crippen molar-refractivity contribution in [2.45, 2.75) is 5.75 Å². The van der Waals surface area contributed by atoms with Crippen LogP contribution in [0.3, 0.4) is 0 Å². The van der Waals surface area contributed by atoms with Crippen molar-refractivity contribution in [3.8, 4) is 0 Å². The molecule has 0 amide bonds. The van der Waals surface area contributed by atoms with Gasteiger partial charge in [-0.3, -0.25) is 4.98 Å². The first kappa shape index (κ1) is 11.1. The van der Waals surface area contributed by atoms with Crippen LogP contribution in [0.5, 0.6) is 0 Å². The maximum Gasteiger partial charge on any atom is 0.0705 e. The van der Waals surface area contributed by atoms with Crippen molar-refractivity contribution < 1.29 is 0 Å². The normalized spacial score (nSPS) is 16.0. The third-order valence-corrected chi connectivity index (χ3v) is 4.44. The zero-order valence-electron chi connectivity index (χ0n) is 9.73. The van der Waals surface area contributed by atoms with Crippen LogP contribution in [0.2, 0.25) is 0 Å². The number of aromatic nitrogens is 1. The molecular weight excluding hydrogens is 228 g/mol. The van der Waals surface area contributed by atoms with Crippen molar-refractivity contribution in [3.05, 3.63) is 42.1 Å². The molecule has 0 spiro atoms. The van der Waals surface area contributed by atoms with Gasteiger partial charge in [-0.15, -0.1) is 0 Å². The lowest BCUT2D eigenvalue weighted by Gasteiger charge is -2.26. The van der Waals surface area contributed by atoms with E-state index >= 15 is 0 Å². The molecule has 3 rings (SSSR count). The molecule has 17 heavy (non-hydrogen) atoms. The number of thioether (sulfide) groups is 1. The zero-order valence-corrected chi connectivity index (χ0v) is 10.5. The van der Waals surface area contributed by atoms with Gasteiger partial charge >= 0.3 is 0 Å². The second-order valence-electron chi connectivity index (χ2n) is 4.53. The Bertz CT molecular complexity index is 503. The van der Waals surface area contributed by atoms with Crippen LogP contribution in [0, 0.1) is 5.92 Å². The summed E-state index contributed by atoms with van der Waals surface area (Å²) in [5.74, 6) is 3.25. The van der Waals surface area contributed by atoms with E-state index in [0.717, 1.165) is 17.2 Å². The molecule has 0 bridgehead atoms. The number of rotatable bonds is 4. The summed E-state index contributed by atoms with van der Waals surface area (Å²) < 4.78 is 0. The van der Waals surface area contributed by atoms with Crippen LogP contribution >= 0.6 is 11.8 Å². The lowest BCUT2D eigenvalue weighted by atomic mass is 10.1. The van der Waals surface area contributed by atoms with E-state index < -0.39 is 0 Å². The monoisotopic (exact) mass is 244 g/mol. The molecule has 2 nitrogen and oxygen atoms in total. The standard InChI is InChI=1S/C14H16N2S/c1-2-4-14-13(3-1)12(5-6-16-14)10-17-9-11-7-15-8-11/h1-6,11,15H,7-10H2. The number of benzene rings is 1. The van der Waals surface area contributed by atoms with Gasteiger partial charge in [-0.1, -0.05) is 18.2 Å².